The molecule has 1 aromatic rings. The third-order valence-corrected chi connectivity index (χ3v) is 4.21. The monoisotopic (exact) mass is 318 g/mol. The molecule has 1 aromatic carbocycles. The van der Waals surface area contributed by atoms with E-state index in [1.54, 1.807) is 7.11 Å². The van der Waals surface area contributed by atoms with Gasteiger partial charge in [0.2, 0.25) is 0 Å². The van der Waals surface area contributed by atoms with Crippen LogP contribution < -0.4 is 15.4 Å². The quantitative estimate of drug-likeness (QED) is 0.594. The Labute approximate surface area is 140 Å². The Kier molecular flexibility index (Phi) is 7.20. The topological polar surface area (TPSA) is 48.9 Å². The Hall–Kier alpha value is -1.75. The number of methoxy groups -OCH3 is 1. The first-order valence-corrected chi connectivity index (χ1v) is 8.55. The molecule has 2 N–H and O–H groups in total. The first-order chi connectivity index (χ1) is 11.2. The van der Waals surface area contributed by atoms with Crippen molar-refractivity contribution in [2.45, 2.75) is 19.8 Å². The van der Waals surface area contributed by atoms with Gasteiger partial charge in [-0.15, -0.1) is 0 Å². The fourth-order valence-electron chi connectivity index (χ4n) is 2.85. The van der Waals surface area contributed by atoms with Crippen LogP contribution in [0.3, 0.4) is 0 Å². The molecule has 1 atom stereocenters. The van der Waals surface area contributed by atoms with E-state index in [1.807, 2.05) is 12.1 Å². The Balaban J connectivity index is 1.76. The lowest BCUT2D eigenvalue weighted by molar-refractivity contribution is 0.397. The first kappa shape index (κ1) is 17.6. The number of rotatable bonds is 7. The largest absolute Gasteiger partial charge is 0.497 e. The van der Waals surface area contributed by atoms with E-state index >= 15 is 0 Å². The van der Waals surface area contributed by atoms with Crippen LogP contribution in [0.1, 0.15) is 18.9 Å². The van der Waals surface area contributed by atoms with Gasteiger partial charge in [-0.3, -0.25) is 4.99 Å². The molecule has 1 fully saturated rings. The second-order valence-electron chi connectivity index (χ2n) is 6.16. The number of nitrogens with zero attached hydrogens (tertiary/aromatic N) is 2. The molecule has 0 aliphatic carbocycles. The van der Waals surface area contributed by atoms with Gasteiger partial charge in [0.1, 0.15) is 5.75 Å². The first-order valence-electron chi connectivity index (χ1n) is 8.55. The SMILES string of the molecule is CCNC(=NCC1CCN(C)C1)NCCc1ccc(OC)cc1. The molecule has 1 unspecified atom stereocenters. The smallest absolute Gasteiger partial charge is 0.191 e. The van der Waals surface area contributed by atoms with E-state index in [4.69, 9.17) is 9.73 Å². The highest BCUT2D eigenvalue weighted by molar-refractivity contribution is 5.79. The molecule has 5 nitrogen and oxygen atoms in total. The van der Waals surface area contributed by atoms with Crippen LogP contribution >= 0.6 is 0 Å². The van der Waals surface area contributed by atoms with Gasteiger partial charge in [-0.2, -0.15) is 0 Å². The van der Waals surface area contributed by atoms with Crippen LogP contribution in [0.5, 0.6) is 5.75 Å². The minimum absolute atomic E-state index is 0.692. The normalized spacial score (nSPS) is 18.9. The van der Waals surface area contributed by atoms with Crippen LogP contribution in [0.4, 0.5) is 0 Å². The van der Waals surface area contributed by atoms with E-state index in [0.29, 0.717) is 5.92 Å². The van der Waals surface area contributed by atoms with Crippen molar-refractivity contribution in [3.63, 3.8) is 0 Å². The second-order valence-corrected chi connectivity index (χ2v) is 6.16. The van der Waals surface area contributed by atoms with E-state index < -0.39 is 0 Å². The van der Waals surface area contributed by atoms with E-state index in [-0.39, 0.29) is 0 Å². The van der Waals surface area contributed by atoms with Gasteiger partial charge >= 0.3 is 0 Å². The molecule has 5 heteroatoms. The summed E-state index contributed by atoms with van der Waals surface area (Å²) in [6, 6.07) is 8.23. The van der Waals surface area contributed by atoms with Crippen molar-refractivity contribution in [1.82, 2.24) is 15.5 Å². The van der Waals surface area contributed by atoms with E-state index in [0.717, 1.165) is 44.3 Å². The van der Waals surface area contributed by atoms with Crippen LogP contribution in [-0.2, 0) is 6.42 Å². The molecule has 0 spiro atoms. The number of guanidine groups is 1. The molecule has 0 amide bonds. The maximum Gasteiger partial charge on any atom is 0.191 e. The summed E-state index contributed by atoms with van der Waals surface area (Å²) >= 11 is 0. The molecule has 1 aliphatic rings. The van der Waals surface area contributed by atoms with Gasteiger partial charge in [0, 0.05) is 26.2 Å². The number of hydrogen-bond donors (Lipinski definition) is 2. The van der Waals surface area contributed by atoms with Crippen molar-refractivity contribution in [2.75, 3.05) is 46.9 Å². The second kappa shape index (κ2) is 9.40. The van der Waals surface area contributed by atoms with Gasteiger partial charge < -0.3 is 20.3 Å². The van der Waals surface area contributed by atoms with Crippen molar-refractivity contribution >= 4 is 5.96 Å². The van der Waals surface area contributed by atoms with Gasteiger partial charge in [-0.05, 0) is 57.0 Å². The molecule has 2 rings (SSSR count). The van der Waals surface area contributed by atoms with Crippen molar-refractivity contribution < 1.29 is 4.74 Å². The third kappa shape index (κ3) is 6.10. The van der Waals surface area contributed by atoms with Crippen LogP contribution in [0.2, 0.25) is 0 Å². The van der Waals surface area contributed by atoms with Crippen molar-refractivity contribution in [2.24, 2.45) is 10.9 Å². The summed E-state index contributed by atoms with van der Waals surface area (Å²) < 4.78 is 5.18. The maximum atomic E-state index is 5.18. The highest BCUT2D eigenvalue weighted by atomic mass is 16.5. The van der Waals surface area contributed by atoms with E-state index in [2.05, 4.69) is 41.6 Å². The Morgan fingerprint density at radius 3 is 2.70 bits per heavy atom. The average molecular weight is 318 g/mol. The predicted octanol–water partition coefficient (Wildman–Crippen LogP) is 1.74. The number of ether oxygens (including phenoxy) is 1. The fourth-order valence-corrected chi connectivity index (χ4v) is 2.85. The zero-order chi connectivity index (χ0) is 16.5. The van der Waals surface area contributed by atoms with Crippen molar-refractivity contribution in [1.29, 1.82) is 0 Å². The summed E-state index contributed by atoms with van der Waals surface area (Å²) in [6.07, 6.45) is 2.23. The standard InChI is InChI=1S/C18H30N4O/c1-4-19-18(21-13-16-10-12-22(2)14-16)20-11-9-15-5-7-17(23-3)8-6-15/h5-8,16H,4,9-14H2,1-3H3,(H2,19,20,21). The van der Waals surface area contributed by atoms with Gasteiger partial charge in [0.15, 0.2) is 5.96 Å². The highest BCUT2D eigenvalue weighted by Crippen LogP contribution is 2.14. The molecule has 23 heavy (non-hydrogen) atoms. The molecule has 1 heterocycles. The molecular weight excluding hydrogens is 288 g/mol. The fraction of sp³-hybridized carbons (Fsp3) is 0.611. The summed E-state index contributed by atoms with van der Waals surface area (Å²) in [7, 11) is 3.87. The summed E-state index contributed by atoms with van der Waals surface area (Å²) in [5, 5.41) is 6.75. The molecule has 1 aliphatic heterocycles. The summed E-state index contributed by atoms with van der Waals surface area (Å²) in [5.41, 5.74) is 1.30. The minimum atomic E-state index is 0.692. The summed E-state index contributed by atoms with van der Waals surface area (Å²) in [6.45, 7) is 7.13. The van der Waals surface area contributed by atoms with Crippen molar-refractivity contribution in [3.8, 4) is 5.75 Å². The molecular formula is C18H30N4O. The van der Waals surface area contributed by atoms with Gasteiger partial charge in [-0.1, -0.05) is 12.1 Å². The number of nitrogens with one attached hydrogen (secondary N) is 2. The Morgan fingerprint density at radius 1 is 1.30 bits per heavy atom. The van der Waals surface area contributed by atoms with Crippen LogP contribution in [0.15, 0.2) is 29.3 Å². The molecule has 1 saturated heterocycles. The third-order valence-electron chi connectivity index (χ3n) is 4.21. The predicted molar refractivity (Wildman–Crippen MR) is 96.3 cm³/mol. The van der Waals surface area contributed by atoms with Crippen LogP contribution in [0.25, 0.3) is 0 Å². The van der Waals surface area contributed by atoms with Crippen LogP contribution in [0, 0.1) is 5.92 Å². The molecule has 128 valence electrons. The number of aliphatic imine (C=N–C) groups is 1. The lowest BCUT2D eigenvalue weighted by Crippen LogP contribution is -2.38. The minimum Gasteiger partial charge on any atom is -0.497 e. The molecule has 0 aromatic heterocycles. The summed E-state index contributed by atoms with van der Waals surface area (Å²) in [4.78, 5) is 7.12. The molecule has 0 saturated carbocycles. The lowest BCUT2D eigenvalue weighted by atomic mass is 10.1. The maximum absolute atomic E-state index is 5.18. The Bertz CT molecular complexity index is 486. The molecule has 0 bridgehead atoms. The Morgan fingerprint density at radius 2 is 2.09 bits per heavy atom. The lowest BCUT2D eigenvalue weighted by Gasteiger charge is -2.13. The van der Waals surface area contributed by atoms with Crippen molar-refractivity contribution in [3.05, 3.63) is 29.8 Å². The van der Waals surface area contributed by atoms with Crippen LogP contribution in [-0.4, -0.2) is 57.7 Å². The zero-order valence-electron chi connectivity index (χ0n) is 14.6. The van der Waals surface area contributed by atoms with E-state index in [9.17, 15) is 0 Å². The van der Waals surface area contributed by atoms with Gasteiger partial charge in [-0.25, -0.2) is 0 Å². The number of likely N-dealkylation sites (tertiary alicyclic amines) is 1. The number of benzene rings is 1. The van der Waals surface area contributed by atoms with Gasteiger partial charge in [0.05, 0.1) is 7.11 Å². The zero-order valence-corrected chi connectivity index (χ0v) is 14.6. The number of hydrogen-bond acceptors (Lipinski definition) is 3. The summed E-state index contributed by atoms with van der Waals surface area (Å²) in [5.74, 6) is 2.52. The highest BCUT2D eigenvalue weighted by Gasteiger charge is 2.18. The van der Waals surface area contributed by atoms with Gasteiger partial charge in [0.25, 0.3) is 0 Å². The molecule has 0 radical (unpaired) electrons. The average Bonchev–Trinajstić information content (AvgIpc) is 2.99. The van der Waals surface area contributed by atoms with E-state index in [1.165, 1.54) is 18.5 Å².